The number of nitrogens with zero attached hydrogens (tertiary/aromatic N) is 3. The van der Waals surface area contributed by atoms with E-state index >= 15 is 0 Å². The van der Waals surface area contributed by atoms with Gasteiger partial charge in [-0.3, -0.25) is 4.68 Å². The van der Waals surface area contributed by atoms with E-state index in [-0.39, 0.29) is 5.56 Å². The zero-order valence-electron chi connectivity index (χ0n) is 10.5. The van der Waals surface area contributed by atoms with Crippen molar-refractivity contribution in [2.45, 2.75) is 6.92 Å². The molecule has 1 aromatic carbocycles. The molecule has 0 aliphatic carbocycles. The minimum absolute atomic E-state index is 0.268. The van der Waals surface area contributed by atoms with Gasteiger partial charge in [0, 0.05) is 17.8 Å². The molecule has 0 saturated heterocycles. The molecule has 0 amide bonds. The molecule has 3 N–H and O–H groups in total. The van der Waals surface area contributed by atoms with Crippen molar-refractivity contribution in [3.63, 3.8) is 0 Å². The van der Waals surface area contributed by atoms with Gasteiger partial charge in [0.2, 0.25) is 0 Å². The third-order valence-electron chi connectivity index (χ3n) is 3.29. The monoisotopic (exact) mass is 256 g/mol. The fourth-order valence-corrected chi connectivity index (χ4v) is 2.35. The number of fused-ring (bicyclic) bond motifs is 3. The zero-order valence-corrected chi connectivity index (χ0v) is 10.5. The van der Waals surface area contributed by atoms with Crippen LogP contribution in [-0.4, -0.2) is 25.8 Å². The number of rotatable bonds is 1. The van der Waals surface area contributed by atoms with E-state index in [1.165, 1.54) is 0 Å². The van der Waals surface area contributed by atoms with E-state index in [0.29, 0.717) is 22.4 Å². The molecule has 2 aromatic heterocycles. The van der Waals surface area contributed by atoms with Crippen molar-refractivity contribution in [3.8, 4) is 0 Å². The lowest BCUT2D eigenvalue weighted by Crippen LogP contribution is -2.02. The van der Waals surface area contributed by atoms with Gasteiger partial charge < -0.3 is 10.8 Å². The molecule has 96 valence electrons. The van der Waals surface area contributed by atoms with E-state index in [2.05, 4.69) is 10.1 Å². The van der Waals surface area contributed by atoms with Gasteiger partial charge in [-0.15, -0.1) is 0 Å². The van der Waals surface area contributed by atoms with E-state index in [9.17, 15) is 9.90 Å². The predicted octanol–water partition coefficient (Wildman–Crippen LogP) is 1.71. The van der Waals surface area contributed by atoms with Crippen molar-refractivity contribution < 1.29 is 9.90 Å². The van der Waals surface area contributed by atoms with Crippen LogP contribution in [0.2, 0.25) is 0 Å². The standard InChI is InChI=1S/C13H12N4O2/c1-6-3-10-8(4-7(6)13(18)19)9-5-15-17(2)11(9)12(14)16-10/h3-5H,1-2H3,(H2,14,16)(H,18,19). The number of nitrogens with two attached hydrogens (primary N) is 1. The summed E-state index contributed by atoms with van der Waals surface area (Å²) in [6.07, 6.45) is 1.68. The first-order chi connectivity index (χ1) is 8.99. The van der Waals surface area contributed by atoms with Crippen LogP contribution in [-0.2, 0) is 7.05 Å². The molecule has 0 fully saturated rings. The highest BCUT2D eigenvalue weighted by atomic mass is 16.4. The molecular formula is C13H12N4O2. The number of nitrogen functional groups attached to an aromatic ring is 1. The Morgan fingerprint density at radius 1 is 1.37 bits per heavy atom. The van der Waals surface area contributed by atoms with Crippen molar-refractivity contribution in [3.05, 3.63) is 29.5 Å². The molecule has 0 saturated carbocycles. The maximum atomic E-state index is 11.2. The van der Waals surface area contributed by atoms with Crippen molar-refractivity contribution in [1.82, 2.24) is 14.8 Å². The van der Waals surface area contributed by atoms with Gasteiger partial charge in [-0.1, -0.05) is 0 Å². The zero-order chi connectivity index (χ0) is 13.7. The van der Waals surface area contributed by atoms with E-state index in [4.69, 9.17) is 5.73 Å². The normalized spacial score (nSPS) is 11.3. The summed E-state index contributed by atoms with van der Waals surface area (Å²) in [5.74, 6) is -0.557. The number of aromatic carboxylic acids is 1. The summed E-state index contributed by atoms with van der Waals surface area (Å²) in [5, 5.41) is 14.9. The van der Waals surface area contributed by atoms with Crippen LogP contribution in [0.4, 0.5) is 5.82 Å². The molecular weight excluding hydrogens is 244 g/mol. The van der Waals surface area contributed by atoms with Crippen molar-refractivity contribution in [1.29, 1.82) is 0 Å². The Morgan fingerprint density at radius 2 is 2.11 bits per heavy atom. The number of carboxylic acids is 1. The number of benzene rings is 1. The van der Waals surface area contributed by atoms with Gasteiger partial charge in [0.25, 0.3) is 0 Å². The number of hydrogen-bond donors (Lipinski definition) is 2. The van der Waals surface area contributed by atoms with Crippen LogP contribution in [0, 0.1) is 6.92 Å². The molecule has 3 aromatic rings. The molecule has 0 aliphatic rings. The van der Waals surface area contributed by atoms with Crippen molar-refractivity contribution in [2.75, 3.05) is 5.73 Å². The number of anilines is 1. The number of pyridine rings is 1. The average Bonchev–Trinajstić information content (AvgIpc) is 2.71. The van der Waals surface area contributed by atoms with E-state index in [0.717, 1.165) is 10.8 Å². The maximum absolute atomic E-state index is 11.2. The first kappa shape index (κ1) is 11.5. The summed E-state index contributed by atoms with van der Waals surface area (Å²) in [6, 6.07) is 3.37. The molecule has 3 rings (SSSR count). The fraction of sp³-hybridized carbons (Fsp3) is 0.154. The maximum Gasteiger partial charge on any atom is 0.335 e. The number of aryl methyl sites for hydroxylation is 2. The highest BCUT2D eigenvalue weighted by Gasteiger charge is 2.14. The number of carbonyl (C=O) groups is 1. The lowest BCUT2D eigenvalue weighted by molar-refractivity contribution is 0.0696. The number of hydrogen-bond acceptors (Lipinski definition) is 4. The Bertz CT molecular complexity index is 836. The second kappa shape index (κ2) is 3.68. The van der Waals surface area contributed by atoms with Crippen LogP contribution in [0.5, 0.6) is 0 Å². The molecule has 19 heavy (non-hydrogen) atoms. The van der Waals surface area contributed by atoms with Gasteiger partial charge in [-0.25, -0.2) is 9.78 Å². The summed E-state index contributed by atoms with van der Waals surface area (Å²) in [6.45, 7) is 1.74. The highest BCUT2D eigenvalue weighted by molar-refractivity contribution is 6.10. The molecule has 6 nitrogen and oxygen atoms in total. The fourth-order valence-electron chi connectivity index (χ4n) is 2.35. The molecule has 0 spiro atoms. The summed E-state index contributed by atoms with van der Waals surface area (Å²) < 4.78 is 1.64. The first-order valence-corrected chi connectivity index (χ1v) is 5.74. The van der Waals surface area contributed by atoms with Crippen LogP contribution in [0.15, 0.2) is 18.3 Å². The van der Waals surface area contributed by atoms with Gasteiger partial charge in [-0.2, -0.15) is 5.10 Å². The molecule has 0 aliphatic heterocycles. The second-order valence-corrected chi connectivity index (χ2v) is 4.52. The molecule has 0 unspecified atom stereocenters. The van der Waals surface area contributed by atoms with Crippen LogP contribution in [0.1, 0.15) is 15.9 Å². The highest BCUT2D eigenvalue weighted by Crippen LogP contribution is 2.29. The average molecular weight is 256 g/mol. The van der Waals surface area contributed by atoms with Crippen LogP contribution in [0.3, 0.4) is 0 Å². The van der Waals surface area contributed by atoms with Gasteiger partial charge in [-0.05, 0) is 24.6 Å². The van der Waals surface area contributed by atoms with Gasteiger partial charge in [0.1, 0.15) is 11.3 Å². The topological polar surface area (TPSA) is 94.0 Å². The molecule has 0 atom stereocenters. The Morgan fingerprint density at radius 3 is 2.79 bits per heavy atom. The van der Waals surface area contributed by atoms with Crippen LogP contribution >= 0.6 is 0 Å². The van der Waals surface area contributed by atoms with Gasteiger partial charge >= 0.3 is 5.97 Å². The third kappa shape index (κ3) is 1.53. The smallest absolute Gasteiger partial charge is 0.335 e. The Balaban J connectivity index is 2.53. The Kier molecular flexibility index (Phi) is 2.22. The Labute approximate surface area is 108 Å². The lowest BCUT2D eigenvalue weighted by Gasteiger charge is -2.07. The van der Waals surface area contributed by atoms with E-state index < -0.39 is 5.97 Å². The van der Waals surface area contributed by atoms with Crippen LogP contribution < -0.4 is 5.73 Å². The summed E-state index contributed by atoms with van der Waals surface area (Å²) in [5.41, 5.74) is 8.25. The van der Waals surface area contributed by atoms with Gasteiger partial charge in [0.05, 0.1) is 17.3 Å². The molecule has 2 heterocycles. The molecule has 0 bridgehead atoms. The number of aromatic nitrogens is 3. The summed E-state index contributed by atoms with van der Waals surface area (Å²) in [4.78, 5) is 15.5. The largest absolute Gasteiger partial charge is 0.478 e. The Hall–Kier alpha value is -2.63. The minimum atomic E-state index is -0.951. The summed E-state index contributed by atoms with van der Waals surface area (Å²) in [7, 11) is 1.78. The molecule has 6 heteroatoms. The van der Waals surface area contributed by atoms with Crippen molar-refractivity contribution in [2.24, 2.45) is 7.05 Å². The number of carboxylic acid groups (broad SMARTS) is 1. The summed E-state index contributed by atoms with van der Waals surface area (Å²) >= 11 is 0. The SMILES string of the molecule is Cc1cc2nc(N)c3c(cnn3C)c2cc1C(=O)O. The third-order valence-corrected chi connectivity index (χ3v) is 3.29. The first-order valence-electron chi connectivity index (χ1n) is 5.74. The predicted molar refractivity (Wildman–Crippen MR) is 72.1 cm³/mol. The van der Waals surface area contributed by atoms with E-state index in [1.807, 2.05) is 0 Å². The van der Waals surface area contributed by atoms with Crippen molar-refractivity contribution >= 4 is 33.6 Å². The van der Waals surface area contributed by atoms with E-state index in [1.54, 1.807) is 37.0 Å². The quantitative estimate of drug-likeness (QED) is 0.691. The second-order valence-electron chi connectivity index (χ2n) is 4.52. The van der Waals surface area contributed by atoms with Gasteiger partial charge in [0.15, 0.2) is 0 Å². The van der Waals surface area contributed by atoms with Crippen LogP contribution in [0.25, 0.3) is 21.8 Å². The lowest BCUT2D eigenvalue weighted by atomic mass is 10.0. The minimum Gasteiger partial charge on any atom is -0.478 e. The molecule has 0 radical (unpaired) electrons.